The van der Waals surface area contributed by atoms with Crippen molar-refractivity contribution in [2.75, 3.05) is 5.32 Å². The first-order valence-corrected chi connectivity index (χ1v) is 7.71. The molecule has 1 unspecified atom stereocenters. The average molecular weight is 304 g/mol. The summed E-state index contributed by atoms with van der Waals surface area (Å²) in [4.78, 5) is 0. The van der Waals surface area contributed by atoms with Gasteiger partial charge in [0.1, 0.15) is 5.75 Å². The van der Waals surface area contributed by atoms with Crippen LogP contribution in [0.1, 0.15) is 42.5 Å². The topological polar surface area (TPSA) is 32.3 Å². The van der Waals surface area contributed by atoms with Crippen LogP contribution in [0, 0.1) is 13.8 Å². The van der Waals surface area contributed by atoms with Gasteiger partial charge in [-0.1, -0.05) is 37.1 Å². The van der Waals surface area contributed by atoms with Gasteiger partial charge in [0, 0.05) is 10.7 Å². The van der Waals surface area contributed by atoms with Crippen molar-refractivity contribution in [2.24, 2.45) is 0 Å². The molecule has 0 aliphatic carbocycles. The van der Waals surface area contributed by atoms with Crippen LogP contribution in [0.3, 0.4) is 0 Å². The average Bonchev–Trinajstić information content (AvgIpc) is 2.45. The molecule has 2 aromatic rings. The zero-order valence-corrected chi connectivity index (χ0v) is 13.5. The van der Waals surface area contributed by atoms with E-state index in [9.17, 15) is 5.11 Å². The van der Waals surface area contributed by atoms with E-state index in [1.807, 2.05) is 38.1 Å². The van der Waals surface area contributed by atoms with Gasteiger partial charge in [0.05, 0.1) is 6.04 Å². The fraction of sp³-hybridized carbons (Fsp3) is 0.333. The van der Waals surface area contributed by atoms with Crippen molar-refractivity contribution < 1.29 is 5.11 Å². The molecule has 2 nitrogen and oxygen atoms in total. The van der Waals surface area contributed by atoms with Crippen molar-refractivity contribution in [3.8, 4) is 5.75 Å². The van der Waals surface area contributed by atoms with E-state index in [0.717, 1.165) is 34.7 Å². The van der Waals surface area contributed by atoms with Gasteiger partial charge in [-0.2, -0.15) is 0 Å². The van der Waals surface area contributed by atoms with Crippen LogP contribution < -0.4 is 5.32 Å². The van der Waals surface area contributed by atoms with Gasteiger partial charge in [-0.05, 0) is 61.2 Å². The molecular formula is C18H22ClNO. The van der Waals surface area contributed by atoms with Crippen molar-refractivity contribution >= 4 is 17.3 Å². The lowest BCUT2D eigenvalue weighted by Gasteiger charge is -2.22. The number of benzene rings is 2. The highest BCUT2D eigenvalue weighted by molar-refractivity contribution is 6.30. The van der Waals surface area contributed by atoms with Crippen molar-refractivity contribution in [3.63, 3.8) is 0 Å². The number of halogens is 1. The minimum atomic E-state index is 0.245. The van der Waals surface area contributed by atoms with Crippen LogP contribution in [0.2, 0.25) is 5.02 Å². The molecule has 0 radical (unpaired) electrons. The molecule has 21 heavy (non-hydrogen) atoms. The predicted molar refractivity (Wildman–Crippen MR) is 90.3 cm³/mol. The standard InChI is InChI=1S/C18H22ClNO/c1-4-5-16(14-6-8-15(19)9-7-14)20-17-10-13(3)18(21)11-12(17)2/h6-11,16,20-21H,4-5H2,1-3H3. The van der Waals surface area contributed by atoms with Gasteiger partial charge in [0.25, 0.3) is 0 Å². The zero-order valence-electron chi connectivity index (χ0n) is 12.8. The van der Waals surface area contributed by atoms with Gasteiger partial charge in [-0.15, -0.1) is 0 Å². The summed E-state index contributed by atoms with van der Waals surface area (Å²) >= 11 is 5.97. The third kappa shape index (κ3) is 3.92. The summed E-state index contributed by atoms with van der Waals surface area (Å²) in [5.41, 5.74) is 4.23. The number of aromatic hydroxyl groups is 1. The van der Waals surface area contributed by atoms with Gasteiger partial charge in [-0.3, -0.25) is 0 Å². The van der Waals surface area contributed by atoms with Crippen LogP contribution >= 0.6 is 11.6 Å². The molecule has 2 aromatic carbocycles. The SMILES string of the molecule is CCCC(Nc1cc(C)c(O)cc1C)c1ccc(Cl)cc1. The summed E-state index contributed by atoms with van der Waals surface area (Å²) in [6.07, 6.45) is 2.14. The van der Waals surface area contributed by atoms with Crippen LogP contribution in [0.25, 0.3) is 0 Å². The lowest BCUT2D eigenvalue weighted by atomic mass is 10.0. The van der Waals surface area contributed by atoms with Crippen molar-refractivity contribution in [3.05, 3.63) is 58.1 Å². The first-order chi connectivity index (χ1) is 10.0. The Hall–Kier alpha value is -1.67. The maximum Gasteiger partial charge on any atom is 0.118 e. The van der Waals surface area contributed by atoms with E-state index >= 15 is 0 Å². The third-order valence-electron chi connectivity index (χ3n) is 3.72. The summed E-state index contributed by atoms with van der Waals surface area (Å²) in [6.45, 7) is 6.10. The number of hydrogen-bond acceptors (Lipinski definition) is 2. The Kier molecular flexibility index (Phi) is 5.13. The normalized spacial score (nSPS) is 12.2. The summed E-state index contributed by atoms with van der Waals surface area (Å²) in [6, 6.07) is 12.0. The molecule has 0 heterocycles. The predicted octanol–water partition coefficient (Wildman–Crippen LogP) is 5.62. The number of rotatable bonds is 5. The summed E-state index contributed by atoms with van der Waals surface area (Å²) in [7, 11) is 0. The number of anilines is 1. The Morgan fingerprint density at radius 3 is 2.38 bits per heavy atom. The zero-order chi connectivity index (χ0) is 15.4. The Balaban J connectivity index is 2.28. The maximum atomic E-state index is 9.77. The van der Waals surface area contributed by atoms with Crippen LogP contribution in [-0.4, -0.2) is 5.11 Å². The fourth-order valence-corrected chi connectivity index (χ4v) is 2.58. The first kappa shape index (κ1) is 15.7. The molecule has 3 heteroatoms. The highest BCUT2D eigenvalue weighted by Crippen LogP contribution is 2.30. The number of aryl methyl sites for hydroxylation is 2. The Morgan fingerprint density at radius 2 is 1.76 bits per heavy atom. The molecule has 2 N–H and O–H groups in total. The summed E-state index contributed by atoms with van der Waals surface area (Å²) in [5, 5.41) is 14.1. The first-order valence-electron chi connectivity index (χ1n) is 7.33. The van der Waals surface area contributed by atoms with Crippen molar-refractivity contribution in [1.82, 2.24) is 0 Å². The van der Waals surface area contributed by atoms with E-state index in [-0.39, 0.29) is 6.04 Å². The van der Waals surface area contributed by atoms with Crippen LogP contribution in [0.4, 0.5) is 5.69 Å². The van der Waals surface area contributed by atoms with Crippen molar-refractivity contribution in [2.45, 2.75) is 39.7 Å². The highest BCUT2D eigenvalue weighted by atomic mass is 35.5. The highest BCUT2D eigenvalue weighted by Gasteiger charge is 2.12. The summed E-state index contributed by atoms with van der Waals surface area (Å²) in [5.74, 6) is 0.344. The smallest absolute Gasteiger partial charge is 0.118 e. The van der Waals surface area contributed by atoms with Crippen LogP contribution in [0.15, 0.2) is 36.4 Å². The molecule has 0 spiro atoms. The number of phenols is 1. The molecule has 0 aliphatic heterocycles. The second kappa shape index (κ2) is 6.86. The molecule has 112 valence electrons. The van der Waals surface area contributed by atoms with Gasteiger partial charge < -0.3 is 10.4 Å². The van der Waals surface area contributed by atoms with E-state index in [1.165, 1.54) is 5.56 Å². The van der Waals surface area contributed by atoms with E-state index in [1.54, 1.807) is 0 Å². The summed E-state index contributed by atoms with van der Waals surface area (Å²) < 4.78 is 0. The minimum absolute atomic E-state index is 0.245. The monoisotopic (exact) mass is 303 g/mol. The molecule has 0 aliphatic rings. The Morgan fingerprint density at radius 1 is 1.10 bits per heavy atom. The third-order valence-corrected chi connectivity index (χ3v) is 3.97. The quantitative estimate of drug-likeness (QED) is 0.703. The second-order valence-corrected chi connectivity index (χ2v) is 5.93. The van der Waals surface area contributed by atoms with E-state index < -0.39 is 0 Å². The van der Waals surface area contributed by atoms with Crippen molar-refractivity contribution in [1.29, 1.82) is 0 Å². The lowest BCUT2D eigenvalue weighted by Crippen LogP contribution is -2.11. The largest absolute Gasteiger partial charge is 0.508 e. The Bertz CT molecular complexity index is 607. The molecule has 1 atom stereocenters. The van der Waals surface area contributed by atoms with E-state index in [2.05, 4.69) is 24.4 Å². The Labute approximate surface area is 131 Å². The fourth-order valence-electron chi connectivity index (χ4n) is 2.45. The molecule has 0 saturated heterocycles. The van der Waals surface area contributed by atoms with Gasteiger partial charge in [0.2, 0.25) is 0 Å². The van der Waals surface area contributed by atoms with Gasteiger partial charge in [-0.25, -0.2) is 0 Å². The molecule has 0 saturated carbocycles. The van der Waals surface area contributed by atoms with Gasteiger partial charge in [0.15, 0.2) is 0 Å². The molecule has 0 fully saturated rings. The van der Waals surface area contributed by atoms with Gasteiger partial charge >= 0.3 is 0 Å². The number of nitrogens with one attached hydrogen (secondary N) is 1. The van der Waals surface area contributed by atoms with Crippen LogP contribution in [0.5, 0.6) is 5.75 Å². The minimum Gasteiger partial charge on any atom is -0.508 e. The number of hydrogen-bond donors (Lipinski definition) is 2. The van der Waals surface area contributed by atoms with E-state index in [0.29, 0.717) is 5.75 Å². The maximum absolute atomic E-state index is 9.77. The van der Waals surface area contributed by atoms with Crippen LogP contribution in [-0.2, 0) is 0 Å². The molecule has 0 bridgehead atoms. The molecule has 2 rings (SSSR count). The molecular weight excluding hydrogens is 282 g/mol. The lowest BCUT2D eigenvalue weighted by molar-refractivity contribution is 0.470. The molecule has 0 aromatic heterocycles. The second-order valence-electron chi connectivity index (χ2n) is 5.49. The van der Waals surface area contributed by atoms with E-state index in [4.69, 9.17) is 11.6 Å². The molecule has 0 amide bonds. The number of phenolic OH excluding ortho intramolecular Hbond substituents is 1.